The molecule has 1 aromatic rings. The van der Waals surface area contributed by atoms with Crippen LogP contribution in [0.25, 0.3) is 5.57 Å². The third kappa shape index (κ3) is 3.21. The molecule has 1 aliphatic heterocycles. The number of hydrogen-bond donors (Lipinski definition) is 0. The highest BCUT2D eigenvalue weighted by atomic mass is 79.9. The van der Waals surface area contributed by atoms with Crippen molar-refractivity contribution in [3.05, 3.63) is 40.4 Å². The molecule has 1 aromatic carbocycles. The van der Waals surface area contributed by atoms with Gasteiger partial charge in [0.2, 0.25) is 0 Å². The van der Waals surface area contributed by atoms with Gasteiger partial charge < -0.3 is 9.47 Å². The Morgan fingerprint density at radius 1 is 1.33 bits per heavy atom. The highest BCUT2D eigenvalue weighted by molar-refractivity contribution is 9.10. The molecule has 3 nitrogen and oxygen atoms in total. The van der Waals surface area contributed by atoms with Gasteiger partial charge in [0.15, 0.2) is 0 Å². The Morgan fingerprint density at radius 3 is 2.72 bits per heavy atom. The highest BCUT2D eigenvalue weighted by Crippen LogP contribution is 2.25. The van der Waals surface area contributed by atoms with Gasteiger partial charge in [-0.2, -0.15) is 0 Å². The Bertz CT molecular complexity index is 451. The molecule has 0 radical (unpaired) electrons. The fourth-order valence-electron chi connectivity index (χ4n) is 1.76. The summed E-state index contributed by atoms with van der Waals surface area (Å²) in [5, 5.41) is 0. The molecule has 0 bridgehead atoms. The Kier molecular flexibility index (Phi) is 4.55. The van der Waals surface area contributed by atoms with E-state index in [2.05, 4.69) is 15.9 Å². The minimum absolute atomic E-state index is 0.261. The van der Waals surface area contributed by atoms with Gasteiger partial charge in [-0.3, -0.25) is 0 Å². The zero-order valence-electron chi connectivity index (χ0n) is 10.2. The topological polar surface area (TPSA) is 35.5 Å². The van der Waals surface area contributed by atoms with Crippen molar-refractivity contribution >= 4 is 27.5 Å². The molecule has 0 aliphatic carbocycles. The molecular formula is C14H15BrO3. The molecule has 2 rings (SSSR count). The number of hydrogen-bond acceptors (Lipinski definition) is 3. The molecule has 4 heteroatoms. The Balaban J connectivity index is 2.05. The molecule has 1 heterocycles. The quantitative estimate of drug-likeness (QED) is 0.619. The summed E-state index contributed by atoms with van der Waals surface area (Å²) in [5.74, 6) is -0.276. The average molecular weight is 311 g/mol. The second kappa shape index (κ2) is 6.16. The van der Waals surface area contributed by atoms with Crippen molar-refractivity contribution in [3.8, 4) is 0 Å². The molecule has 0 saturated carbocycles. The van der Waals surface area contributed by atoms with Crippen LogP contribution in [0, 0.1) is 0 Å². The summed E-state index contributed by atoms with van der Waals surface area (Å²) in [4.78, 5) is 11.7. The van der Waals surface area contributed by atoms with Crippen molar-refractivity contribution in [2.75, 3.05) is 13.2 Å². The zero-order chi connectivity index (χ0) is 13.0. The predicted molar refractivity (Wildman–Crippen MR) is 73.1 cm³/mol. The summed E-state index contributed by atoms with van der Waals surface area (Å²) in [6, 6.07) is 7.60. The average Bonchev–Trinajstić information content (AvgIpc) is 2.72. The van der Waals surface area contributed by atoms with Crippen molar-refractivity contribution in [1.82, 2.24) is 0 Å². The molecule has 0 N–H and O–H groups in total. The third-order valence-electron chi connectivity index (χ3n) is 2.62. The fraction of sp³-hybridized carbons (Fsp3) is 0.357. The fourth-order valence-corrected chi connectivity index (χ4v) is 2.02. The van der Waals surface area contributed by atoms with E-state index in [1.165, 1.54) is 0 Å². The molecule has 0 fully saturated rings. The summed E-state index contributed by atoms with van der Waals surface area (Å²) < 4.78 is 11.6. The lowest BCUT2D eigenvalue weighted by molar-refractivity contribution is -0.139. The van der Waals surface area contributed by atoms with Gasteiger partial charge in [0.25, 0.3) is 0 Å². The van der Waals surface area contributed by atoms with Gasteiger partial charge >= 0.3 is 5.97 Å². The first-order valence-corrected chi connectivity index (χ1v) is 6.76. The summed E-state index contributed by atoms with van der Waals surface area (Å²) in [7, 11) is 0. The Hall–Kier alpha value is -1.13. The van der Waals surface area contributed by atoms with Crippen LogP contribution < -0.4 is 0 Å². The van der Waals surface area contributed by atoms with E-state index in [-0.39, 0.29) is 12.1 Å². The van der Waals surface area contributed by atoms with Crippen molar-refractivity contribution in [1.29, 1.82) is 0 Å². The number of carbonyl (C=O) groups excluding carboxylic acids is 1. The monoisotopic (exact) mass is 310 g/mol. The number of carbonyl (C=O) groups is 1. The van der Waals surface area contributed by atoms with Crippen molar-refractivity contribution in [2.45, 2.75) is 19.4 Å². The molecule has 1 unspecified atom stereocenters. The van der Waals surface area contributed by atoms with E-state index in [9.17, 15) is 4.79 Å². The minimum Gasteiger partial charge on any atom is -0.452 e. The lowest BCUT2D eigenvalue weighted by Crippen LogP contribution is -2.15. The van der Waals surface area contributed by atoms with Crippen LogP contribution in [0.2, 0.25) is 0 Å². The number of esters is 1. The third-order valence-corrected chi connectivity index (χ3v) is 3.15. The molecule has 0 saturated heterocycles. The number of halogens is 1. The van der Waals surface area contributed by atoms with E-state index in [4.69, 9.17) is 9.47 Å². The molecule has 0 amide bonds. The molecule has 0 aromatic heterocycles. The van der Waals surface area contributed by atoms with Gasteiger partial charge in [-0.25, -0.2) is 4.79 Å². The van der Waals surface area contributed by atoms with Crippen LogP contribution in [-0.4, -0.2) is 25.3 Å². The first kappa shape index (κ1) is 13.3. The highest BCUT2D eigenvalue weighted by Gasteiger charge is 2.26. The van der Waals surface area contributed by atoms with Crippen LogP contribution >= 0.6 is 15.9 Å². The van der Waals surface area contributed by atoms with Crippen molar-refractivity contribution < 1.29 is 14.3 Å². The maximum atomic E-state index is 11.7. The van der Waals surface area contributed by atoms with E-state index in [1.807, 2.05) is 37.3 Å². The van der Waals surface area contributed by atoms with E-state index >= 15 is 0 Å². The van der Waals surface area contributed by atoms with Gasteiger partial charge in [-0.15, -0.1) is 0 Å². The van der Waals surface area contributed by atoms with Gasteiger partial charge in [0.05, 0.1) is 12.2 Å². The van der Waals surface area contributed by atoms with Gasteiger partial charge in [-0.05, 0) is 30.2 Å². The number of benzene rings is 1. The van der Waals surface area contributed by atoms with E-state index < -0.39 is 0 Å². The lowest BCUT2D eigenvalue weighted by Gasteiger charge is -2.07. The maximum absolute atomic E-state index is 11.7. The molecule has 1 atom stereocenters. The smallest absolute Gasteiger partial charge is 0.339 e. The van der Waals surface area contributed by atoms with Crippen LogP contribution in [0.4, 0.5) is 0 Å². The van der Waals surface area contributed by atoms with Crippen LogP contribution in [-0.2, 0) is 14.3 Å². The van der Waals surface area contributed by atoms with E-state index in [0.717, 1.165) is 16.5 Å². The van der Waals surface area contributed by atoms with E-state index in [0.29, 0.717) is 18.8 Å². The first-order valence-electron chi connectivity index (χ1n) is 5.97. The zero-order valence-corrected chi connectivity index (χ0v) is 11.8. The molecule has 0 spiro atoms. The largest absolute Gasteiger partial charge is 0.452 e. The van der Waals surface area contributed by atoms with E-state index in [1.54, 1.807) is 0 Å². The van der Waals surface area contributed by atoms with Crippen molar-refractivity contribution in [2.24, 2.45) is 0 Å². The standard InChI is InChI=1S/C14H15BrO3/c1-2-7-17-9-12-8-13(14(16)18-12)10-3-5-11(15)6-4-10/h3-6,8,12H,2,7,9H2,1H3. The minimum atomic E-state index is -0.276. The summed E-state index contributed by atoms with van der Waals surface area (Å²) >= 11 is 3.37. The van der Waals surface area contributed by atoms with Gasteiger partial charge in [-0.1, -0.05) is 35.0 Å². The van der Waals surface area contributed by atoms with Crippen LogP contribution in [0.3, 0.4) is 0 Å². The Labute approximate surface area is 115 Å². The normalized spacial score (nSPS) is 18.7. The number of cyclic esters (lactones) is 1. The second-order valence-corrected chi connectivity index (χ2v) is 5.02. The van der Waals surface area contributed by atoms with Crippen LogP contribution in [0.5, 0.6) is 0 Å². The Morgan fingerprint density at radius 2 is 2.06 bits per heavy atom. The lowest BCUT2D eigenvalue weighted by atomic mass is 10.1. The maximum Gasteiger partial charge on any atom is 0.339 e. The molecular weight excluding hydrogens is 296 g/mol. The molecule has 96 valence electrons. The van der Waals surface area contributed by atoms with Gasteiger partial charge in [0.1, 0.15) is 6.10 Å². The number of ether oxygens (including phenoxy) is 2. The van der Waals surface area contributed by atoms with Gasteiger partial charge in [0, 0.05) is 11.1 Å². The summed E-state index contributed by atoms with van der Waals surface area (Å²) in [5.41, 5.74) is 1.49. The first-order chi connectivity index (χ1) is 8.70. The summed E-state index contributed by atoms with van der Waals surface area (Å²) in [6.45, 7) is 3.17. The van der Waals surface area contributed by atoms with Crippen LogP contribution in [0.15, 0.2) is 34.8 Å². The molecule has 18 heavy (non-hydrogen) atoms. The SMILES string of the molecule is CCCOCC1C=C(c2ccc(Br)cc2)C(=O)O1. The molecule has 1 aliphatic rings. The van der Waals surface area contributed by atoms with Crippen molar-refractivity contribution in [3.63, 3.8) is 0 Å². The predicted octanol–water partition coefficient (Wildman–Crippen LogP) is 3.18. The second-order valence-electron chi connectivity index (χ2n) is 4.11. The number of rotatable bonds is 5. The van der Waals surface area contributed by atoms with Crippen LogP contribution in [0.1, 0.15) is 18.9 Å². The summed E-state index contributed by atoms with van der Waals surface area (Å²) in [6.07, 6.45) is 2.54.